The van der Waals surface area contributed by atoms with Gasteiger partial charge in [-0.15, -0.1) is 0 Å². The summed E-state index contributed by atoms with van der Waals surface area (Å²) in [6, 6.07) is 18.6. The average molecular weight is 353 g/mol. The molecule has 0 aliphatic rings. The van der Waals surface area contributed by atoms with Crippen LogP contribution in [0, 0.1) is 5.92 Å². The first kappa shape index (κ1) is 19.7. The smallest absolute Gasteiger partial charge is 0.246 e. The van der Waals surface area contributed by atoms with Gasteiger partial charge in [-0.2, -0.15) is 0 Å². The van der Waals surface area contributed by atoms with E-state index in [9.17, 15) is 9.59 Å². The van der Waals surface area contributed by atoms with Crippen molar-refractivity contribution in [1.82, 2.24) is 16.0 Å². The molecule has 0 aliphatic heterocycles. The first-order valence-corrected chi connectivity index (χ1v) is 8.87. The standard InChI is InChI=1S/C21H27N3O2/c1-15(2)19(16-10-6-4-7-11-16)23-14-18(25)24-20(21(26)22-3)17-12-8-5-9-13-17/h4-13,15,19-20,23H,14H2,1-3H3,(H,22,26)(H,24,25). The van der Waals surface area contributed by atoms with Gasteiger partial charge in [0.2, 0.25) is 11.8 Å². The monoisotopic (exact) mass is 353 g/mol. The summed E-state index contributed by atoms with van der Waals surface area (Å²) in [6.07, 6.45) is 0. The van der Waals surface area contributed by atoms with Crippen LogP contribution in [0.2, 0.25) is 0 Å². The van der Waals surface area contributed by atoms with Crippen molar-refractivity contribution >= 4 is 11.8 Å². The number of benzene rings is 2. The fourth-order valence-corrected chi connectivity index (χ4v) is 2.90. The summed E-state index contributed by atoms with van der Waals surface area (Å²) in [5, 5.41) is 8.73. The number of hydrogen-bond acceptors (Lipinski definition) is 3. The molecule has 0 heterocycles. The van der Waals surface area contributed by atoms with Gasteiger partial charge in [0, 0.05) is 13.1 Å². The summed E-state index contributed by atoms with van der Waals surface area (Å²) in [4.78, 5) is 24.6. The van der Waals surface area contributed by atoms with Gasteiger partial charge in [-0.1, -0.05) is 74.5 Å². The van der Waals surface area contributed by atoms with Crippen molar-refractivity contribution < 1.29 is 9.59 Å². The molecule has 0 radical (unpaired) electrons. The van der Waals surface area contributed by atoms with Gasteiger partial charge < -0.3 is 16.0 Å². The van der Waals surface area contributed by atoms with Gasteiger partial charge in [0.25, 0.3) is 0 Å². The van der Waals surface area contributed by atoms with E-state index < -0.39 is 6.04 Å². The predicted octanol–water partition coefficient (Wildman–Crippen LogP) is 2.58. The molecule has 5 heteroatoms. The van der Waals surface area contributed by atoms with Crippen LogP contribution in [0.25, 0.3) is 0 Å². The molecule has 0 fully saturated rings. The Morgan fingerprint density at radius 1 is 0.885 bits per heavy atom. The Morgan fingerprint density at radius 2 is 1.42 bits per heavy atom. The molecule has 2 atom stereocenters. The van der Waals surface area contributed by atoms with Gasteiger partial charge in [0.05, 0.1) is 6.54 Å². The minimum Gasteiger partial charge on any atom is -0.357 e. The third kappa shape index (κ3) is 5.43. The lowest BCUT2D eigenvalue weighted by Gasteiger charge is -2.24. The van der Waals surface area contributed by atoms with E-state index in [0.717, 1.165) is 11.1 Å². The van der Waals surface area contributed by atoms with Crippen molar-refractivity contribution in [1.29, 1.82) is 0 Å². The summed E-state index contributed by atoms with van der Waals surface area (Å²) < 4.78 is 0. The van der Waals surface area contributed by atoms with Crippen LogP contribution in [0.4, 0.5) is 0 Å². The molecular weight excluding hydrogens is 326 g/mol. The molecule has 2 aromatic carbocycles. The maximum atomic E-state index is 12.5. The van der Waals surface area contributed by atoms with Crippen molar-refractivity contribution in [3.8, 4) is 0 Å². The fraction of sp³-hybridized carbons (Fsp3) is 0.333. The van der Waals surface area contributed by atoms with Crippen LogP contribution >= 0.6 is 0 Å². The molecule has 0 aliphatic carbocycles. The van der Waals surface area contributed by atoms with Crippen LogP contribution < -0.4 is 16.0 Å². The third-order valence-electron chi connectivity index (χ3n) is 4.25. The highest BCUT2D eigenvalue weighted by Crippen LogP contribution is 2.21. The second kappa shape index (κ2) is 9.73. The number of carbonyl (C=O) groups excluding carboxylic acids is 2. The molecule has 0 aromatic heterocycles. The SMILES string of the molecule is CNC(=O)C(NC(=O)CNC(c1ccccc1)C(C)C)c1ccccc1. The van der Waals surface area contributed by atoms with Crippen molar-refractivity contribution in [2.24, 2.45) is 5.92 Å². The minimum absolute atomic E-state index is 0.0668. The van der Waals surface area contributed by atoms with Crippen LogP contribution in [0.1, 0.15) is 37.1 Å². The summed E-state index contributed by atoms with van der Waals surface area (Å²) in [7, 11) is 1.56. The van der Waals surface area contributed by atoms with Crippen LogP contribution in [-0.4, -0.2) is 25.4 Å². The summed E-state index contributed by atoms with van der Waals surface area (Å²) in [5.74, 6) is -0.133. The van der Waals surface area contributed by atoms with Crippen LogP contribution in [0.5, 0.6) is 0 Å². The topological polar surface area (TPSA) is 70.2 Å². The van der Waals surface area contributed by atoms with Gasteiger partial charge >= 0.3 is 0 Å². The first-order valence-electron chi connectivity index (χ1n) is 8.87. The van der Waals surface area contributed by atoms with Gasteiger partial charge in [-0.05, 0) is 17.0 Å². The van der Waals surface area contributed by atoms with E-state index in [1.807, 2.05) is 60.7 Å². The lowest BCUT2D eigenvalue weighted by atomic mass is 9.96. The van der Waals surface area contributed by atoms with Crippen molar-refractivity contribution in [2.45, 2.75) is 25.9 Å². The summed E-state index contributed by atoms with van der Waals surface area (Å²) >= 11 is 0. The minimum atomic E-state index is -0.704. The van der Waals surface area contributed by atoms with Crippen LogP contribution in [0.15, 0.2) is 60.7 Å². The molecule has 138 valence electrons. The molecule has 0 spiro atoms. The Labute approximate surface area is 155 Å². The molecule has 5 nitrogen and oxygen atoms in total. The number of nitrogens with one attached hydrogen (secondary N) is 3. The molecular formula is C21H27N3O2. The Kier molecular flexibility index (Phi) is 7.36. The van der Waals surface area contributed by atoms with Crippen LogP contribution in [0.3, 0.4) is 0 Å². The van der Waals surface area contributed by atoms with E-state index in [1.54, 1.807) is 7.05 Å². The Hall–Kier alpha value is -2.66. The highest BCUT2D eigenvalue weighted by Gasteiger charge is 2.22. The lowest BCUT2D eigenvalue weighted by Crippen LogP contribution is -2.43. The molecule has 0 saturated heterocycles. The van der Waals surface area contributed by atoms with E-state index in [1.165, 1.54) is 0 Å². The lowest BCUT2D eigenvalue weighted by molar-refractivity contribution is -0.128. The number of likely N-dealkylation sites (N-methyl/N-ethyl adjacent to an activating group) is 1. The third-order valence-corrected chi connectivity index (χ3v) is 4.25. The summed E-state index contributed by atoms with van der Waals surface area (Å²) in [6.45, 7) is 4.36. The Morgan fingerprint density at radius 3 is 1.92 bits per heavy atom. The van der Waals surface area contributed by atoms with E-state index >= 15 is 0 Å². The molecule has 0 saturated carbocycles. The molecule has 2 rings (SSSR count). The molecule has 2 aromatic rings. The zero-order chi connectivity index (χ0) is 18.9. The zero-order valence-corrected chi connectivity index (χ0v) is 15.5. The molecule has 2 unspecified atom stereocenters. The van der Waals surface area contributed by atoms with Crippen molar-refractivity contribution in [3.63, 3.8) is 0 Å². The number of carbonyl (C=O) groups is 2. The fourth-order valence-electron chi connectivity index (χ4n) is 2.90. The molecule has 26 heavy (non-hydrogen) atoms. The number of rotatable bonds is 8. The highest BCUT2D eigenvalue weighted by atomic mass is 16.2. The van der Waals surface area contributed by atoms with Crippen LogP contribution in [-0.2, 0) is 9.59 Å². The maximum absolute atomic E-state index is 12.5. The normalized spacial score (nSPS) is 13.1. The number of amides is 2. The van der Waals surface area contributed by atoms with Gasteiger partial charge in [-0.3, -0.25) is 9.59 Å². The maximum Gasteiger partial charge on any atom is 0.246 e. The molecule has 3 N–H and O–H groups in total. The highest BCUT2D eigenvalue weighted by molar-refractivity contribution is 5.89. The second-order valence-corrected chi connectivity index (χ2v) is 6.54. The van der Waals surface area contributed by atoms with Crippen molar-refractivity contribution in [3.05, 3.63) is 71.8 Å². The van der Waals surface area contributed by atoms with Crippen molar-refractivity contribution in [2.75, 3.05) is 13.6 Å². The predicted molar refractivity (Wildman–Crippen MR) is 103 cm³/mol. The Bertz CT molecular complexity index is 702. The van der Waals surface area contributed by atoms with E-state index in [-0.39, 0.29) is 24.4 Å². The quantitative estimate of drug-likeness (QED) is 0.683. The van der Waals surface area contributed by atoms with E-state index in [0.29, 0.717) is 5.92 Å². The van der Waals surface area contributed by atoms with Gasteiger partial charge in [-0.25, -0.2) is 0 Å². The molecule has 2 amide bonds. The van der Waals surface area contributed by atoms with Gasteiger partial charge in [0.15, 0.2) is 0 Å². The second-order valence-electron chi connectivity index (χ2n) is 6.54. The molecule has 0 bridgehead atoms. The Balaban J connectivity index is 2.02. The van der Waals surface area contributed by atoms with E-state index in [2.05, 4.69) is 29.8 Å². The zero-order valence-electron chi connectivity index (χ0n) is 15.5. The van der Waals surface area contributed by atoms with Gasteiger partial charge in [0.1, 0.15) is 6.04 Å². The average Bonchev–Trinajstić information content (AvgIpc) is 2.67. The van der Waals surface area contributed by atoms with E-state index in [4.69, 9.17) is 0 Å². The summed E-state index contributed by atoms with van der Waals surface area (Å²) in [5.41, 5.74) is 1.89. The first-order chi connectivity index (χ1) is 12.5. The largest absolute Gasteiger partial charge is 0.357 e. The number of hydrogen-bond donors (Lipinski definition) is 3.